The average molecular weight is 545 g/mol. The molecule has 0 radical (unpaired) electrons. The van der Waals surface area contributed by atoms with Crippen LogP contribution in [0.15, 0.2) is 9.70 Å². The fourth-order valence-corrected chi connectivity index (χ4v) is 6.23. The summed E-state index contributed by atoms with van der Waals surface area (Å²) >= 11 is 6.74. The molecule has 1 atom stereocenters. The number of carboxylic acid groups (broad SMARTS) is 1. The minimum absolute atomic E-state index is 0.116. The number of aliphatic carboxylic acids is 1. The normalized spacial score (nSPS) is 19.1. The van der Waals surface area contributed by atoms with E-state index in [0.29, 0.717) is 53.1 Å². The maximum Gasteiger partial charge on any atom is 0.303 e. The van der Waals surface area contributed by atoms with Crippen LogP contribution >= 0.6 is 24.0 Å². The summed E-state index contributed by atoms with van der Waals surface area (Å²) in [6.07, 6.45) is 7.74. The highest BCUT2D eigenvalue weighted by molar-refractivity contribution is 8.26. The molecule has 1 N–H and O–H groups in total. The van der Waals surface area contributed by atoms with Crippen molar-refractivity contribution in [3.8, 4) is 6.07 Å². The van der Waals surface area contributed by atoms with Crippen molar-refractivity contribution in [1.82, 2.24) is 9.47 Å². The number of rotatable bonds is 11. The molecule has 0 spiro atoms. The SMILES string of the molecule is CCCCn1c(N2CCCC(C)C2)c(/C=C2\SC(=S)N(CCCCCC(=O)O)C2=O)c(C)c(C#N)c1=O. The van der Waals surface area contributed by atoms with E-state index in [1.165, 1.54) is 11.8 Å². The number of thiocarbonyl (C=S) groups is 1. The highest BCUT2D eigenvalue weighted by atomic mass is 32.2. The van der Waals surface area contributed by atoms with Crippen molar-refractivity contribution < 1.29 is 14.7 Å². The molecule has 8 nitrogen and oxygen atoms in total. The van der Waals surface area contributed by atoms with Crippen molar-refractivity contribution in [2.45, 2.75) is 78.7 Å². The Balaban J connectivity index is 2.01. The Hall–Kier alpha value is -2.64. The minimum atomic E-state index is -0.820. The zero-order valence-electron chi connectivity index (χ0n) is 21.9. The Morgan fingerprint density at radius 3 is 2.65 bits per heavy atom. The lowest BCUT2D eigenvalue weighted by atomic mass is 9.98. The molecule has 10 heteroatoms. The number of unbranched alkanes of at least 4 members (excludes halogenated alkanes) is 3. The number of aromatic nitrogens is 1. The fourth-order valence-electron chi connectivity index (χ4n) is 4.94. The summed E-state index contributed by atoms with van der Waals surface area (Å²) in [4.78, 5) is 41.8. The number of piperidine rings is 1. The van der Waals surface area contributed by atoms with Crippen LogP contribution < -0.4 is 10.5 Å². The van der Waals surface area contributed by atoms with Gasteiger partial charge in [0.2, 0.25) is 0 Å². The lowest BCUT2D eigenvalue weighted by Crippen LogP contribution is -2.40. The van der Waals surface area contributed by atoms with E-state index in [-0.39, 0.29) is 23.5 Å². The van der Waals surface area contributed by atoms with Crippen LogP contribution in [0.4, 0.5) is 5.82 Å². The molecule has 1 unspecified atom stereocenters. The molecule has 3 heterocycles. The molecule has 0 bridgehead atoms. The molecule has 2 fully saturated rings. The van der Waals surface area contributed by atoms with Crippen LogP contribution in [0.1, 0.15) is 81.9 Å². The monoisotopic (exact) mass is 544 g/mol. The average Bonchev–Trinajstić information content (AvgIpc) is 3.12. The molecular weight excluding hydrogens is 508 g/mol. The largest absolute Gasteiger partial charge is 0.481 e. The Bertz CT molecular complexity index is 1180. The Morgan fingerprint density at radius 2 is 2.00 bits per heavy atom. The van der Waals surface area contributed by atoms with E-state index >= 15 is 0 Å². The predicted octanol–water partition coefficient (Wildman–Crippen LogP) is 4.91. The van der Waals surface area contributed by atoms with Crippen LogP contribution in [0.2, 0.25) is 0 Å². The van der Waals surface area contributed by atoms with Gasteiger partial charge in [-0.25, -0.2) is 0 Å². The zero-order chi connectivity index (χ0) is 27.1. The smallest absolute Gasteiger partial charge is 0.303 e. The Kier molecular flexibility index (Phi) is 10.4. The standard InChI is InChI=1S/C27H36N4O4S2/c1-4-5-13-30-24(29-12-9-10-18(2)17-29)20(19(3)21(16-28)25(30)34)15-22-26(35)31(27(36)37-22)14-8-6-7-11-23(32)33/h15,18H,4-14,17H2,1-3H3,(H,32,33)/b22-15-. The van der Waals surface area contributed by atoms with Crippen LogP contribution in [0.3, 0.4) is 0 Å². The second-order valence-corrected chi connectivity index (χ2v) is 11.6. The molecular formula is C27H36N4O4S2. The first-order valence-electron chi connectivity index (χ1n) is 13.1. The van der Waals surface area contributed by atoms with E-state index in [4.69, 9.17) is 17.3 Å². The highest BCUT2D eigenvalue weighted by Gasteiger charge is 2.33. The van der Waals surface area contributed by atoms with Gasteiger partial charge in [0.15, 0.2) is 0 Å². The summed E-state index contributed by atoms with van der Waals surface area (Å²) in [7, 11) is 0. The van der Waals surface area contributed by atoms with Crippen LogP contribution in [0.5, 0.6) is 0 Å². The third-order valence-corrected chi connectivity index (χ3v) is 8.34. The summed E-state index contributed by atoms with van der Waals surface area (Å²) in [6, 6.07) is 2.11. The molecule has 3 rings (SSSR count). The summed E-state index contributed by atoms with van der Waals surface area (Å²) in [5, 5.41) is 18.7. The van der Waals surface area contributed by atoms with E-state index in [9.17, 15) is 19.6 Å². The number of thioether (sulfide) groups is 1. The van der Waals surface area contributed by atoms with Crippen LogP contribution in [-0.4, -0.2) is 50.4 Å². The van der Waals surface area contributed by atoms with Crippen molar-refractivity contribution >= 4 is 52.1 Å². The van der Waals surface area contributed by atoms with E-state index in [0.717, 1.165) is 50.2 Å². The number of nitrogens with zero attached hydrogens (tertiary/aromatic N) is 4. The lowest BCUT2D eigenvalue weighted by Gasteiger charge is -2.36. The number of carbonyl (C=O) groups excluding carboxylic acids is 1. The predicted molar refractivity (Wildman–Crippen MR) is 152 cm³/mol. The number of anilines is 1. The molecule has 200 valence electrons. The number of hydrogen-bond donors (Lipinski definition) is 1. The maximum absolute atomic E-state index is 13.4. The maximum atomic E-state index is 13.4. The second kappa shape index (κ2) is 13.2. The first kappa shape index (κ1) is 28.9. The first-order valence-corrected chi connectivity index (χ1v) is 14.3. The second-order valence-electron chi connectivity index (χ2n) is 9.89. The van der Waals surface area contributed by atoms with Gasteiger partial charge in [-0.1, -0.05) is 50.7 Å². The summed E-state index contributed by atoms with van der Waals surface area (Å²) in [6.45, 7) is 8.66. The molecule has 1 amide bonds. The lowest BCUT2D eigenvalue weighted by molar-refractivity contribution is -0.137. The third kappa shape index (κ3) is 6.82. The quantitative estimate of drug-likeness (QED) is 0.238. The molecule has 2 aliphatic rings. The molecule has 1 aromatic rings. The van der Waals surface area contributed by atoms with Gasteiger partial charge in [-0.3, -0.25) is 23.9 Å². The van der Waals surface area contributed by atoms with Crippen molar-refractivity contribution in [3.05, 3.63) is 31.9 Å². The van der Waals surface area contributed by atoms with Crippen molar-refractivity contribution in [2.24, 2.45) is 5.92 Å². The van der Waals surface area contributed by atoms with Gasteiger partial charge in [0.25, 0.3) is 11.5 Å². The van der Waals surface area contributed by atoms with E-state index in [2.05, 4.69) is 24.8 Å². The van der Waals surface area contributed by atoms with Crippen molar-refractivity contribution in [3.63, 3.8) is 0 Å². The molecule has 0 aliphatic carbocycles. The molecule has 0 saturated carbocycles. The Morgan fingerprint density at radius 1 is 1.24 bits per heavy atom. The topological polar surface area (TPSA) is 107 Å². The van der Waals surface area contributed by atoms with Crippen molar-refractivity contribution in [1.29, 1.82) is 5.26 Å². The van der Waals surface area contributed by atoms with E-state index in [1.807, 2.05) is 6.08 Å². The summed E-state index contributed by atoms with van der Waals surface area (Å²) < 4.78 is 2.21. The third-order valence-electron chi connectivity index (χ3n) is 6.96. The van der Waals surface area contributed by atoms with Crippen molar-refractivity contribution in [2.75, 3.05) is 24.5 Å². The molecule has 2 saturated heterocycles. The zero-order valence-corrected chi connectivity index (χ0v) is 23.6. The van der Waals surface area contributed by atoms with Gasteiger partial charge in [-0.05, 0) is 56.6 Å². The Labute approximate surface area is 228 Å². The van der Waals surface area contributed by atoms with Gasteiger partial charge in [0.05, 0.1) is 4.91 Å². The number of pyridine rings is 1. The van der Waals surface area contributed by atoms with E-state index in [1.54, 1.807) is 16.4 Å². The van der Waals surface area contributed by atoms with Crippen LogP contribution in [0.25, 0.3) is 6.08 Å². The van der Waals surface area contributed by atoms with Gasteiger partial charge in [0, 0.05) is 38.2 Å². The number of hydrogen-bond acceptors (Lipinski definition) is 7. The highest BCUT2D eigenvalue weighted by Crippen LogP contribution is 2.37. The van der Waals surface area contributed by atoms with E-state index < -0.39 is 5.97 Å². The first-order chi connectivity index (χ1) is 17.7. The van der Waals surface area contributed by atoms with Gasteiger partial charge in [0.1, 0.15) is 21.8 Å². The van der Waals surface area contributed by atoms with Crippen LogP contribution in [0, 0.1) is 24.2 Å². The summed E-state index contributed by atoms with van der Waals surface area (Å²) in [5.74, 6) is 0.266. The molecule has 37 heavy (non-hydrogen) atoms. The fraction of sp³-hybridized carbons (Fsp3) is 0.593. The molecule has 2 aliphatic heterocycles. The van der Waals surface area contributed by atoms with Gasteiger partial charge < -0.3 is 10.0 Å². The number of nitriles is 1. The number of carboxylic acids is 1. The summed E-state index contributed by atoms with van der Waals surface area (Å²) in [5.41, 5.74) is 1.17. The van der Waals surface area contributed by atoms with Crippen LogP contribution in [-0.2, 0) is 16.1 Å². The van der Waals surface area contributed by atoms with Gasteiger partial charge >= 0.3 is 5.97 Å². The number of carbonyl (C=O) groups is 2. The molecule has 1 aromatic heterocycles. The van der Waals surface area contributed by atoms with Gasteiger partial charge in [-0.15, -0.1) is 0 Å². The van der Waals surface area contributed by atoms with Gasteiger partial charge in [-0.2, -0.15) is 5.26 Å². The minimum Gasteiger partial charge on any atom is -0.481 e. The molecule has 0 aromatic carbocycles. The number of amides is 1.